The van der Waals surface area contributed by atoms with Crippen molar-refractivity contribution >= 4 is 16.9 Å². The van der Waals surface area contributed by atoms with Crippen LogP contribution in [0, 0.1) is 0 Å². The molecule has 1 aromatic carbocycles. The van der Waals surface area contributed by atoms with Gasteiger partial charge in [-0.3, -0.25) is 4.98 Å². The number of aromatic nitrogens is 1. The molecule has 0 saturated carbocycles. The van der Waals surface area contributed by atoms with E-state index < -0.39 is 0 Å². The first kappa shape index (κ1) is 16.5. The Kier molecular flexibility index (Phi) is 5.48. The molecule has 0 radical (unpaired) electrons. The highest BCUT2D eigenvalue weighted by Gasteiger charge is 2.19. The number of ether oxygens (including phenoxy) is 1. The zero-order chi connectivity index (χ0) is 16.8. The summed E-state index contributed by atoms with van der Waals surface area (Å²) in [5.41, 5.74) is 0.948. The van der Waals surface area contributed by atoms with Crippen LogP contribution in [0.3, 0.4) is 0 Å². The molecule has 0 spiro atoms. The maximum Gasteiger partial charge on any atom is 0.317 e. The average molecular weight is 328 g/mol. The molecule has 6 nitrogen and oxygen atoms in total. The molecule has 1 saturated heterocycles. The number of carbonyl (C=O) groups is 1. The maximum atomic E-state index is 12.1. The molecule has 0 aliphatic carbocycles. The molecule has 1 aromatic heterocycles. The fourth-order valence-corrected chi connectivity index (χ4v) is 2.85. The summed E-state index contributed by atoms with van der Waals surface area (Å²) in [7, 11) is 0. The van der Waals surface area contributed by atoms with E-state index in [1.807, 2.05) is 35.2 Å². The summed E-state index contributed by atoms with van der Waals surface area (Å²) in [4.78, 5) is 20.6. The van der Waals surface area contributed by atoms with E-state index in [1.165, 1.54) is 0 Å². The number of amides is 2. The SMILES string of the molecule is CCN1CCN(C(=O)NCCOc2ccc3ncccc3c2)CC1. The van der Waals surface area contributed by atoms with Gasteiger partial charge in [0.1, 0.15) is 12.4 Å². The number of carbonyl (C=O) groups excluding carboxylic acids is 1. The molecule has 2 aromatic rings. The Labute approximate surface area is 142 Å². The molecule has 1 aliphatic rings. The van der Waals surface area contributed by atoms with Crippen LogP contribution in [0.15, 0.2) is 36.5 Å². The maximum absolute atomic E-state index is 12.1. The van der Waals surface area contributed by atoms with E-state index in [2.05, 4.69) is 22.1 Å². The highest BCUT2D eigenvalue weighted by Crippen LogP contribution is 2.18. The third-order valence-electron chi connectivity index (χ3n) is 4.33. The van der Waals surface area contributed by atoms with E-state index in [4.69, 9.17) is 4.74 Å². The minimum absolute atomic E-state index is 0.00272. The lowest BCUT2D eigenvalue weighted by Gasteiger charge is -2.33. The second-order valence-corrected chi connectivity index (χ2v) is 5.86. The van der Waals surface area contributed by atoms with Crippen LogP contribution in [0.4, 0.5) is 4.79 Å². The lowest BCUT2D eigenvalue weighted by molar-refractivity contribution is 0.142. The second kappa shape index (κ2) is 7.97. The van der Waals surface area contributed by atoms with Crippen molar-refractivity contribution in [2.75, 3.05) is 45.9 Å². The molecule has 1 N–H and O–H groups in total. The molecule has 6 heteroatoms. The smallest absolute Gasteiger partial charge is 0.317 e. The van der Waals surface area contributed by atoms with Gasteiger partial charge in [-0.05, 0) is 30.8 Å². The van der Waals surface area contributed by atoms with Crippen molar-refractivity contribution in [2.24, 2.45) is 0 Å². The minimum atomic E-state index is -0.00272. The Hall–Kier alpha value is -2.34. The number of fused-ring (bicyclic) bond motifs is 1. The van der Waals surface area contributed by atoms with Crippen molar-refractivity contribution in [3.8, 4) is 5.75 Å². The highest BCUT2D eigenvalue weighted by molar-refractivity contribution is 5.79. The van der Waals surface area contributed by atoms with Crippen molar-refractivity contribution in [3.05, 3.63) is 36.5 Å². The molecular weight excluding hydrogens is 304 g/mol. The van der Waals surface area contributed by atoms with Gasteiger partial charge in [-0.15, -0.1) is 0 Å². The van der Waals surface area contributed by atoms with Crippen molar-refractivity contribution in [3.63, 3.8) is 0 Å². The predicted octanol–water partition coefficient (Wildman–Crippen LogP) is 1.96. The van der Waals surface area contributed by atoms with E-state index >= 15 is 0 Å². The Balaban J connectivity index is 1.40. The number of hydrogen-bond donors (Lipinski definition) is 1. The van der Waals surface area contributed by atoms with Gasteiger partial charge < -0.3 is 19.9 Å². The first-order valence-corrected chi connectivity index (χ1v) is 8.49. The Morgan fingerprint density at radius 1 is 1.25 bits per heavy atom. The van der Waals surface area contributed by atoms with Crippen LogP contribution in [0.25, 0.3) is 10.9 Å². The summed E-state index contributed by atoms with van der Waals surface area (Å²) >= 11 is 0. The van der Waals surface area contributed by atoms with Gasteiger partial charge in [-0.25, -0.2) is 4.79 Å². The molecule has 24 heavy (non-hydrogen) atoms. The van der Waals surface area contributed by atoms with Gasteiger partial charge in [0, 0.05) is 37.8 Å². The number of hydrogen-bond acceptors (Lipinski definition) is 4. The van der Waals surface area contributed by atoms with Gasteiger partial charge in [0.05, 0.1) is 12.1 Å². The van der Waals surface area contributed by atoms with Crippen LogP contribution in [-0.2, 0) is 0 Å². The third-order valence-corrected chi connectivity index (χ3v) is 4.33. The van der Waals surface area contributed by atoms with E-state index in [0.717, 1.165) is 49.4 Å². The molecule has 0 unspecified atom stereocenters. The Morgan fingerprint density at radius 3 is 2.88 bits per heavy atom. The van der Waals surface area contributed by atoms with Crippen molar-refractivity contribution in [1.82, 2.24) is 20.1 Å². The van der Waals surface area contributed by atoms with Gasteiger partial charge in [0.2, 0.25) is 0 Å². The summed E-state index contributed by atoms with van der Waals surface area (Å²) in [6.45, 7) is 7.62. The summed E-state index contributed by atoms with van der Waals surface area (Å²) in [5, 5.41) is 3.97. The number of urea groups is 1. The monoisotopic (exact) mass is 328 g/mol. The Morgan fingerprint density at radius 2 is 2.08 bits per heavy atom. The van der Waals surface area contributed by atoms with E-state index in [-0.39, 0.29) is 6.03 Å². The van der Waals surface area contributed by atoms with Gasteiger partial charge in [-0.2, -0.15) is 0 Å². The van der Waals surface area contributed by atoms with E-state index in [1.54, 1.807) is 6.20 Å². The summed E-state index contributed by atoms with van der Waals surface area (Å²) in [6.07, 6.45) is 1.78. The van der Waals surface area contributed by atoms with E-state index in [9.17, 15) is 4.79 Å². The lowest BCUT2D eigenvalue weighted by atomic mass is 10.2. The van der Waals surface area contributed by atoms with Crippen LogP contribution in [0.2, 0.25) is 0 Å². The fraction of sp³-hybridized carbons (Fsp3) is 0.444. The number of nitrogens with zero attached hydrogens (tertiary/aromatic N) is 3. The first-order valence-electron chi connectivity index (χ1n) is 8.49. The summed E-state index contributed by atoms with van der Waals surface area (Å²) < 4.78 is 5.72. The van der Waals surface area contributed by atoms with Crippen LogP contribution in [-0.4, -0.2) is 66.7 Å². The Bertz CT molecular complexity index is 684. The van der Waals surface area contributed by atoms with Gasteiger partial charge >= 0.3 is 6.03 Å². The van der Waals surface area contributed by atoms with Crippen molar-refractivity contribution < 1.29 is 9.53 Å². The largest absolute Gasteiger partial charge is 0.492 e. The molecule has 1 aliphatic heterocycles. The zero-order valence-electron chi connectivity index (χ0n) is 14.1. The van der Waals surface area contributed by atoms with Gasteiger partial charge in [0.25, 0.3) is 0 Å². The van der Waals surface area contributed by atoms with Crippen LogP contribution in [0.1, 0.15) is 6.92 Å². The molecule has 2 amide bonds. The number of nitrogens with one attached hydrogen (secondary N) is 1. The number of pyridine rings is 1. The van der Waals surface area contributed by atoms with Gasteiger partial charge in [0.15, 0.2) is 0 Å². The molecule has 128 valence electrons. The van der Waals surface area contributed by atoms with Crippen LogP contribution < -0.4 is 10.1 Å². The third kappa shape index (κ3) is 4.14. The molecule has 1 fully saturated rings. The normalized spacial score (nSPS) is 15.5. The zero-order valence-corrected chi connectivity index (χ0v) is 14.1. The predicted molar refractivity (Wildman–Crippen MR) is 94.3 cm³/mol. The molecule has 0 bridgehead atoms. The van der Waals surface area contributed by atoms with Crippen molar-refractivity contribution in [1.29, 1.82) is 0 Å². The minimum Gasteiger partial charge on any atom is -0.492 e. The quantitative estimate of drug-likeness (QED) is 0.853. The lowest BCUT2D eigenvalue weighted by Crippen LogP contribution is -2.52. The summed E-state index contributed by atoms with van der Waals surface area (Å²) in [6, 6.07) is 9.72. The highest BCUT2D eigenvalue weighted by atomic mass is 16.5. The topological polar surface area (TPSA) is 57.7 Å². The number of piperazine rings is 1. The standard InChI is InChI=1S/C18H24N4O2/c1-2-21-9-11-22(12-10-21)18(23)20-8-13-24-16-5-6-17-15(14-16)4-3-7-19-17/h3-7,14H,2,8-13H2,1H3,(H,20,23). The number of benzene rings is 1. The molecule has 3 rings (SSSR count). The molecule has 0 atom stereocenters. The second-order valence-electron chi connectivity index (χ2n) is 5.86. The van der Waals surface area contributed by atoms with Crippen LogP contribution >= 0.6 is 0 Å². The average Bonchev–Trinajstić information content (AvgIpc) is 2.65. The first-order chi connectivity index (χ1) is 11.8. The van der Waals surface area contributed by atoms with Gasteiger partial charge in [-0.1, -0.05) is 13.0 Å². The number of rotatable bonds is 5. The van der Waals surface area contributed by atoms with E-state index in [0.29, 0.717) is 13.2 Å². The van der Waals surface area contributed by atoms with Crippen LogP contribution in [0.5, 0.6) is 5.75 Å². The molecular formula is C18H24N4O2. The van der Waals surface area contributed by atoms with Crippen molar-refractivity contribution in [2.45, 2.75) is 6.92 Å². The fourth-order valence-electron chi connectivity index (χ4n) is 2.85. The summed E-state index contributed by atoms with van der Waals surface area (Å²) in [5.74, 6) is 0.793. The molecule has 2 heterocycles. The number of likely N-dealkylation sites (N-methyl/N-ethyl adjacent to an activating group) is 1.